The fourth-order valence-corrected chi connectivity index (χ4v) is 1.84. The molecule has 0 aliphatic carbocycles. The molecule has 0 heterocycles. The molecule has 0 bridgehead atoms. The van der Waals surface area contributed by atoms with Crippen molar-refractivity contribution in [1.29, 1.82) is 0 Å². The van der Waals surface area contributed by atoms with Crippen LogP contribution >= 0.6 is 0 Å². The summed E-state index contributed by atoms with van der Waals surface area (Å²) in [6.07, 6.45) is 0.336. The van der Waals surface area contributed by atoms with E-state index in [0.29, 0.717) is 6.42 Å². The molecule has 0 fully saturated rings. The van der Waals surface area contributed by atoms with Gasteiger partial charge in [-0.2, -0.15) is 0 Å². The van der Waals surface area contributed by atoms with Gasteiger partial charge >= 0.3 is 5.97 Å². The lowest BCUT2D eigenvalue weighted by molar-refractivity contribution is -0.159. The van der Waals surface area contributed by atoms with Crippen LogP contribution in [0.2, 0.25) is 0 Å². The first-order valence-corrected chi connectivity index (χ1v) is 7.74. The summed E-state index contributed by atoms with van der Waals surface area (Å²) in [6, 6.07) is 8.62. The van der Waals surface area contributed by atoms with Crippen LogP contribution in [-0.2, 0) is 20.7 Å². The van der Waals surface area contributed by atoms with Gasteiger partial charge in [0.05, 0.1) is 12.0 Å². The number of hydrogen-bond acceptors (Lipinski definition) is 4. The van der Waals surface area contributed by atoms with E-state index in [0.717, 1.165) is 5.56 Å². The number of esters is 1. The van der Waals surface area contributed by atoms with Gasteiger partial charge < -0.3 is 15.2 Å². The van der Waals surface area contributed by atoms with Gasteiger partial charge in [0.1, 0.15) is 11.6 Å². The van der Waals surface area contributed by atoms with E-state index in [1.165, 1.54) is 0 Å². The third-order valence-electron chi connectivity index (χ3n) is 3.29. The maximum absolute atomic E-state index is 12.4. The molecule has 0 unspecified atom stereocenters. The van der Waals surface area contributed by atoms with Gasteiger partial charge in [-0.3, -0.25) is 4.79 Å². The van der Waals surface area contributed by atoms with Crippen molar-refractivity contribution < 1.29 is 19.4 Å². The number of hydrogen-bond donors (Lipinski definition) is 2. The number of rotatable bonds is 6. The fraction of sp³-hybridized carbons (Fsp3) is 0.556. The molecule has 0 aliphatic heterocycles. The summed E-state index contributed by atoms with van der Waals surface area (Å²) in [6.45, 7) is 8.29. The zero-order valence-electron chi connectivity index (χ0n) is 14.6. The first-order valence-electron chi connectivity index (χ1n) is 7.74. The monoisotopic (exact) mass is 321 g/mol. The fourth-order valence-electron chi connectivity index (χ4n) is 1.84. The average molecular weight is 321 g/mol. The highest BCUT2D eigenvalue weighted by Crippen LogP contribution is 2.16. The largest absolute Gasteiger partial charge is 0.458 e. The van der Waals surface area contributed by atoms with Crippen LogP contribution in [0.3, 0.4) is 0 Å². The van der Waals surface area contributed by atoms with Crippen LogP contribution in [0.4, 0.5) is 0 Å². The van der Waals surface area contributed by atoms with E-state index in [1.54, 1.807) is 34.6 Å². The second-order valence-electron chi connectivity index (χ2n) is 7.29. The first-order chi connectivity index (χ1) is 10.5. The molecule has 5 nitrogen and oxygen atoms in total. The van der Waals surface area contributed by atoms with Gasteiger partial charge in [-0.25, -0.2) is 4.79 Å². The summed E-state index contributed by atoms with van der Waals surface area (Å²) in [5.41, 5.74) is -0.675. The van der Waals surface area contributed by atoms with Gasteiger partial charge in [0, 0.05) is 6.42 Å². The van der Waals surface area contributed by atoms with Gasteiger partial charge in [-0.15, -0.1) is 0 Å². The molecule has 0 spiro atoms. The lowest BCUT2D eigenvalue weighted by Gasteiger charge is -2.27. The molecule has 1 atom stereocenters. The summed E-state index contributed by atoms with van der Waals surface area (Å²) in [7, 11) is 0. The highest BCUT2D eigenvalue weighted by molar-refractivity contribution is 5.88. The van der Waals surface area contributed by atoms with Crippen molar-refractivity contribution in [3.63, 3.8) is 0 Å². The van der Waals surface area contributed by atoms with Crippen LogP contribution in [0.25, 0.3) is 0 Å². The summed E-state index contributed by atoms with van der Waals surface area (Å²) in [5.74, 6) is -0.866. The molecule has 2 N–H and O–H groups in total. The molecular formula is C18H27NO4. The second kappa shape index (κ2) is 7.59. The van der Waals surface area contributed by atoms with Crippen LogP contribution < -0.4 is 5.32 Å². The Bertz CT molecular complexity index is 532. The van der Waals surface area contributed by atoms with Crippen LogP contribution in [0.15, 0.2) is 30.3 Å². The summed E-state index contributed by atoms with van der Waals surface area (Å²) >= 11 is 0. The van der Waals surface area contributed by atoms with Crippen molar-refractivity contribution in [1.82, 2.24) is 5.32 Å². The van der Waals surface area contributed by atoms with Crippen LogP contribution in [0.1, 0.15) is 40.2 Å². The van der Waals surface area contributed by atoms with Crippen LogP contribution in [0.5, 0.6) is 0 Å². The Morgan fingerprint density at radius 3 is 2.17 bits per heavy atom. The third kappa shape index (κ3) is 6.40. The van der Waals surface area contributed by atoms with E-state index in [9.17, 15) is 14.7 Å². The zero-order valence-corrected chi connectivity index (χ0v) is 14.6. The molecular weight excluding hydrogens is 294 g/mol. The molecule has 1 aromatic rings. The number of carbonyl (C=O) groups excluding carboxylic acids is 2. The van der Waals surface area contributed by atoms with Crippen LogP contribution in [0, 0.1) is 5.41 Å². The molecule has 1 rings (SSSR count). The molecule has 1 amide bonds. The lowest BCUT2D eigenvalue weighted by atomic mass is 9.93. The number of carbonyl (C=O) groups is 2. The molecule has 0 radical (unpaired) electrons. The molecule has 23 heavy (non-hydrogen) atoms. The maximum atomic E-state index is 12.4. The minimum atomic E-state index is -0.961. The molecule has 128 valence electrons. The van der Waals surface area contributed by atoms with Crippen molar-refractivity contribution in [2.45, 2.75) is 52.7 Å². The summed E-state index contributed by atoms with van der Waals surface area (Å²) in [4.78, 5) is 24.7. The second-order valence-corrected chi connectivity index (χ2v) is 7.29. The lowest BCUT2D eigenvalue weighted by Crippen LogP contribution is -2.50. The molecule has 1 aromatic carbocycles. The number of ether oxygens (including phenoxy) is 1. The van der Waals surface area contributed by atoms with Gasteiger partial charge in [0.25, 0.3) is 0 Å². The Morgan fingerprint density at radius 1 is 1.13 bits per heavy atom. The van der Waals surface area contributed by atoms with Crippen molar-refractivity contribution >= 4 is 11.9 Å². The number of amides is 1. The minimum absolute atomic E-state index is 0.300. The Kier molecular flexibility index (Phi) is 6.33. The maximum Gasteiger partial charge on any atom is 0.329 e. The van der Waals surface area contributed by atoms with Crippen molar-refractivity contribution in [2.24, 2.45) is 5.41 Å². The zero-order chi connectivity index (χ0) is 17.7. The van der Waals surface area contributed by atoms with Crippen molar-refractivity contribution in [2.75, 3.05) is 6.61 Å². The van der Waals surface area contributed by atoms with Gasteiger partial charge in [-0.1, -0.05) is 30.3 Å². The molecule has 0 saturated carbocycles. The highest BCUT2D eigenvalue weighted by atomic mass is 16.6. The van der Waals surface area contributed by atoms with E-state index in [-0.39, 0.29) is 12.5 Å². The predicted molar refractivity (Wildman–Crippen MR) is 88.8 cm³/mol. The van der Waals surface area contributed by atoms with E-state index < -0.39 is 23.0 Å². The van der Waals surface area contributed by atoms with E-state index in [4.69, 9.17) is 4.74 Å². The normalized spacial score (nSPS) is 13.3. The van der Waals surface area contributed by atoms with Crippen LogP contribution in [-0.4, -0.2) is 35.2 Å². The molecule has 0 aromatic heterocycles. The Hall–Kier alpha value is -1.88. The Labute approximate surface area is 138 Å². The number of nitrogens with one attached hydrogen (secondary N) is 1. The Morgan fingerprint density at radius 2 is 1.70 bits per heavy atom. The van der Waals surface area contributed by atoms with E-state index in [2.05, 4.69) is 5.32 Å². The Balaban J connectivity index is 2.92. The van der Waals surface area contributed by atoms with Gasteiger partial charge in [-0.05, 0) is 40.2 Å². The number of aliphatic hydroxyl groups is 1. The SMILES string of the molecule is CC(C)(C)OC(=O)[C@H](Cc1ccccc1)NC(=O)C(C)(C)CO. The van der Waals surface area contributed by atoms with Gasteiger partial charge in [0.15, 0.2) is 0 Å². The van der Waals surface area contributed by atoms with Crippen molar-refractivity contribution in [3.8, 4) is 0 Å². The predicted octanol–water partition coefficient (Wildman–Crippen LogP) is 2.07. The molecule has 0 aliphatic rings. The smallest absolute Gasteiger partial charge is 0.329 e. The molecule has 0 saturated heterocycles. The number of benzene rings is 1. The number of aliphatic hydroxyl groups excluding tert-OH is 1. The highest BCUT2D eigenvalue weighted by Gasteiger charge is 2.32. The van der Waals surface area contributed by atoms with E-state index in [1.807, 2.05) is 30.3 Å². The minimum Gasteiger partial charge on any atom is -0.458 e. The average Bonchev–Trinajstić information content (AvgIpc) is 2.45. The third-order valence-corrected chi connectivity index (χ3v) is 3.29. The quantitative estimate of drug-likeness (QED) is 0.787. The summed E-state index contributed by atoms with van der Waals surface area (Å²) < 4.78 is 5.40. The van der Waals surface area contributed by atoms with E-state index >= 15 is 0 Å². The molecule has 5 heteroatoms. The first kappa shape index (κ1) is 19.2. The topological polar surface area (TPSA) is 75.6 Å². The summed E-state index contributed by atoms with van der Waals surface area (Å²) in [5, 5.41) is 12.0. The van der Waals surface area contributed by atoms with Crippen molar-refractivity contribution in [3.05, 3.63) is 35.9 Å². The standard InChI is InChI=1S/C18H27NO4/c1-17(2,3)23-15(21)14(11-13-9-7-6-8-10-13)19-16(22)18(4,5)12-20/h6-10,14,20H,11-12H2,1-5H3,(H,19,22)/t14-/m0/s1. The van der Waals surface area contributed by atoms with Gasteiger partial charge in [0.2, 0.25) is 5.91 Å².